The Labute approximate surface area is 563 Å². The van der Waals surface area contributed by atoms with Crippen molar-refractivity contribution in [1.29, 1.82) is 0 Å². The van der Waals surface area contributed by atoms with Crippen molar-refractivity contribution < 1.29 is 82.4 Å². The number of nitrogens with one attached hydrogen (secondary N) is 2. The molecule has 2 amide bonds. The summed E-state index contributed by atoms with van der Waals surface area (Å²) in [5, 5.41) is 38.2. The number of esters is 3. The molecule has 0 fully saturated rings. The van der Waals surface area contributed by atoms with Crippen LogP contribution in [0.1, 0.15) is 178 Å². The number of fused-ring (bicyclic) bond motifs is 10. The minimum Gasteiger partial charge on any atom is -0.458 e. The number of ether oxygens (including phenoxy) is 4. The van der Waals surface area contributed by atoms with E-state index in [1.54, 1.807) is 88.8 Å². The van der Waals surface area contributed by atoms with Crippen LogP contribution in [0.4, 0.5) is 13.2 Å². The molecular weight excluding hydrogens is 1260 g/mol. The number of alkyl halides is 1. The Morgan fingerprint density at radius 1 is 0.649 bits per heavy atom. The van der Waals surface area contributed by atoms with Crippen LogP contribution in [0.3, 0.4) is 0 Å². The van der Waals surface area contributed by atoms with Gasteiger partial charge >= 0.3 is 17.9 Å². The number of nitrogens with zero attached hydrogens (tertiary/aromatic N) is 4. The monoisotopic (exact) mass is 1350 g/mol. The van der Waals surface area contributed by atoms with Crippen LogP contribution in [0.2, 0.25) is 0 Å². The van der Waals surface area contributed by atoms with Gasteiger partial charge in [-0.15, -0.1) is 0 Å². The van der Waals surface area contributed by atoms with Crippen molar-refractivity contribution in [2.24, 2.45) is 23.7 Å². The van der Waals surface area contributed by atoms with E-state index in [-0.39, 0.29) is 153 Å². The first kappa shape index (κ1) is 75.9. The molecule has 97 heavy (non-hydrogen) atoms. The molecule has 4 aliphatic heterocycles. The van der Waals surface area contributed by atoms with Crippen LogP contribution in [0, 0.1) is 49.2 Å². The molecule has 0 bridgehead atoms. The number of aryl methyl sites for hydroxylation is 4. The number of cyclic esters (lactones) is 2. The number of carbonyl (C=O) groups excluding carboxylic acids is 7. The second kappa shape index (κ2) is 33.2. The quantitative estimate of drug-likeness (QED) is 0.0172. The number of benzene rings is 2. The van der Waals surface area contributed by atoms with Crippen LogP contribution in [0.5, 0.6) is 0 Å². The fourth-order valence-corrected chi connectivity index (χ4v) is 12.1. The zero-order chi connectivity index (χ0) is 71.5. The largest absolute Gasteiger partial charge is 0.458 e. The Morgan fingerprint density at radius 2 is 1.05 bits per heavy atom. The number of Topliss-reactive ketones (excluding diaryl/α,β-unsaturated/α-hetero) is 2. The number of aliphatic hydroxyl groups is 3. The van der Waals surface area contributed by atoms with E-state index in [1.165, 1.54) is 19.1 Å². The van der Waals surface area contributed by atoms with Gasteiger partial charge < -0.3 is 54.0 Å². The number of amides is 2. The van der Waals surface area contributed by atoms with E-state index in [1.807, 2.05) is 13.8 Å². The van der Waals surface area contributed by atoms with Gasteiger partial charge in [0, 0.05) is 102 Å². The predicted octanol–water partition coefficient (Wildman–Crippen LogP) is 9.13. The van der Waals surface area contributed by atoms with Crippen LogP contribution in [-0.4, -0.2) is 110 Å². The summed E-state index contributed by atoms with van der Waals surface area (Å²) in [6.45, 7) is 19.1. The highest BCUT2D eigenvalue weighted by molar-refractivity contribution is 5.92. The average Bonchev–Trinajstić information content (AvgIpc) is 1.55. The van der Waals surface area contributed by atoms with Gasteiger partial charge in [0.05, 0.1) is 66.5 Å². The Bertz CT molecular complexity index is 4150. The van der Waals surface area contributed by atoms with Gasteiger partial charge in [0.25, 0.3) is 11.1 Å². The van der Waals surface area contributed by atoms with Crippen LogP contribution in [0.15, 0.2) is 46.0 Å². The van der Waals surface area contributed by atoms with Crippen LogP contribution < -0.4 is 21.8 Å². The predicted molar refractivity (Wildman–Crippen MR) is 356 cm³/mol. The van der Waals surface area contributed by atoms with Gasteiger partial charge in [0.2, 0.25) is 11.8 Å². The molecule has 4 atom stereocenters. The molecule has 6 aromatic rings. The lowest BCUT2D eigenvalue weighted by atomic mass is 9.86. The summed E-state index contributed by atoms with van der Waals surface area (Å²) in [6.07, 6.45) is 4.53. The average molecular weight is 1350 g/mol. The molecule has 0 radical (unpaired) electrons. The molecule has 0 unspecified atom stereocenters. The number of unbranched alkanes of at least 4 members (excludes halogenated alkanes) is 2. The third-order valence-corrected chi connectivity index (χ3v) is 18.0. The van der Waals surface area contributed by atoms with Gasteiger partial charge in [-0.1, -0.05) is 62.8 Å². The number of aliphatic hydroxyl groups excluding tert-OH is 1. The highest BCUT2D eigenvalue weighted by Crippen LogP contribution is 2.43. The molecule has 526 valence electrons. The number of hydrogen-bond donors (Lipinski definition) is 5. The first-order chi connectivity index (χ1) is 45.9. The van der Waals surface area contributed by atoms with Gasteiger partial charge in [-0.3, -0.25) is 38.0 Å². The maximum Gasteiger partial charge on any atom is 0.343 e. The lowest BCUT2D eigenvalue weighted by molar-refractivity contribution is -0.172. The van der Waals surface area contributed by atoms with Crippen molar-refractivity contribution in [1.82, 2.24) is 29.7 Å². The molecule has 5 N–H and O–H groups in total. The third kappa shape index (κ3) is 16.6. The van der Waals surface area contributed by atoms with Crippen molar-refractivity contribution in [2.45, 2.75) is 185 Å². The molecule has 22 nitrogen and oxygen atoms in total. The third-order valence-electron chi connectivity index (χ3n) is 18.0. The van der Waals surface area contributed by atoms with Crippen molar-refractivity contribution in [3.05, 3.63) is 124 Å². The van der Waals surface area contributed by atoms with Gasteiger partial charge in [0.15, 0.2) is 17.9 Å². The summed E-state index contributed by atoms with van der Waals surface area (Å²) in [4.78, 5) is 119. The van der Waals surface area contributed by atoms with Gasteiger partial charge in [-0.05, 0) is 112 Å². The number of aromatic nitrogens is 4. The van der Waals surface area contributed by atoms with Crippen molar-refractivity contribution in [2.75, 3.05) is 33.8 Å². The summed E-state index contributed by atoms with van der Waals surface area (Å²) >= 11 is 0. The SMILES string of the molecule is C.CC(=O)OCNC(=O)[C@H](C)CC(=O)C(C)C.CC[C@@]1(O)C(=O)OCc2c1cc1n(c2=O)Cc2c-1nc1cc(F)c(C)cc1c2CCCCO.CC[C@@]1(O)C(=O)OCc2c1cc1n(c2=O)Cc2c-1nc1cc(F)c(C)cc1c2CCCCOCNC(=O)[C@H](C)CC(=O)C(C)C.[2H]CF. The highest BCUT2D eigenvalue weighted by atomic mass is 19.1. The lowest BCUT2D eigenvalue weighted by Gasteiger charge is -2.31. The van der Waals surface area contributed by atoms with Crippen LogP contribution >= 0.6 is 0 Å². The number of rotatable bonds is 23. The zero-order valence-electron chi connectivity index (χ0n) is 57.3. The number of hydrogen-bond acceptors (Lipinski definition) is 18. The summed E-state index contributed by atoms with van der Waals surface area (Å²) < 4.78 is 68.3. The second-order valence-electron chi connectivity index (χ2n) is 25.3. The van der Waals surface area contributed by atoms with E-state index in [4.69, 9.17) is 25.5 Å². The number of ketones is 2. The summed E-state index contributed by atoms with van der Waals surface area (Å²) in [7, 11) is -1.00. The zero-order valence-corrected chi connectivity index (χ0v) is 56.3. The molecule has 2 aromatic carbocycles. The molecule has 0 saturated carbocycles. The molecule has 0 aliphatic carbocycles. The number of pyridine rings is 4. The van der Waals surface area contributed by atoms with Crippen LogP contribution in [0.25, 0.3) is 44.6 Å². The molecule has 25 heteroatoms. The fourth-order valence-electron chi connectivity index (χ4n) is 12.1. The number of halogens is 3. The van der Waals surface area contributed by atoms with E-state index in [0.717, 1.165) is 45.9 Å². The fraction of sp³-hybridized carbons (Fsp3) is 0.514. The summed E-state index contributed by atoms with van der Waals surface area (Å²) in [5.41, 5.74) is 4.15. The van der Waals surface area contributed by atoms with E-state index in [2.05, 4.69) is 15.4 Å². The molecule has 4 aliphatic rings. The Kier molecular flexibility index (Phi) is 25.9. The minimum absolute atomic E-state index is 0. The molecule has 10 rings (SSSR count). The molecule has 0 saturated heterocycles. The summed E-state index contributed by atoms with van der Waals surface area (Å²) in [5.74, 6) is -4.17. The second-order valence-corrected chi connectivity index (χ2v) is 25.3. The number of carbonyl (C=O) groups is 7. The van der Waals surface area contributed by atoms with Gasteiger partial charge in [0.1, 0.15) is 43.1 Å². The maximum absolute atomic E-state index is 14.7. The molecule has 0 spiro atoms. The Hall–Kier alpha value is -8.52. The highest BCUT2D eigenvalue weighted by Gasteiger charge is 2.47. The van der Waals surface area contributed by atoms with Crippen molar-refractivity contribution in [3.63, 3.8) is 0 Å². The van der Waals surface area contributed by atoms with Crippen molar-refractivity contribution >= 4 is 63.1 Å². The Balaban J connectivity index is 0.000000250. The topological polar surface area (TPSA) is 311 Å². The van der Waals surface area contributed by atoms with E-state index in [0.29, 0.717) is 83.8 Å². The minimum atomic E-state index is -1.93. The van der Waals surface area contributed by atoms with Gasteiger partial charge in [-0.2, -0.15) is 0 Å². The molecule has 8 heterocycles. The van der Waals surface area contributed by atoms with Gasteiger partial charge in [-0.25, -0.2) is 28.3 Å². The standard InChI is InChI=1S/C34H40FN3O7.C25H25FN2O5.C11H19NO4.CH3F.CH4/c1-6-34(43)25-13-28-30-23(15-38(28)32(41)24(25)16-45-33(34)42)21(22-11-19(4)26(35)14-27(22)37-30)9-7-8-10-44-17-36-31(40)20(5)12-29(39)18(2)3;1-3-25(32)18-9-21-22-16(11-28(21)23(30)17(18)12-33-24(25)31)14(6-4-5-7-29)15-8-13(2)19(26)10-20(15)27-22;1-7(2)10(14)5-8(3)11(15)12-6-16-9(4)13;1-2;/h11,13-14,18,20,43H,6-10,12,15-17H2,1-5H3,(H,36,40);8-10,29,32H,3-7,11-12H2,1-2H3;7-8H,5-6H2,1-4H3,(H,12,15);1H3;1H4/t20-,34+;25-;8-;;/m101../s1/i;;;1D;. The molecule has 4 aromatic heterocycles. The molecular formula is C72H91F3N6O16. The first-order valence-corrected chi connectivity index (χ1v) is 32.3. The normalized spacial score (nSPS) is 16.7. The first-order valence-electron chi connectivity index (χ1n) is 33.0. The lowest BCUT2D eigenvalue weighted by Crippen LogP contribution is -2.44. The summed E-state index contributed by atoms with van der Waals surface area (Å²) in [6, 6.07) is 9.68. The smallest absolute Gasteiger partial charge is 0.343 e. The Morgan fingerprint density at radius 3 is 1.43 bits per heavy atom. The maximum atomic E-state index is 14.7. The van der Waals surface area contributed by atoms with E-state index >= 15 is 0 Å². The van der Waals surface area contributed by atoms with E-state index < -0.39 is 48.1 Å². The van der Waals surface area contributed by atoms with Crippen LogP contribution in [-0.2, 0) is 103 Å². The van der Waals surface area contributed by atoms with Crippen molar-refractivity contribution in [3.8, 4) is 22.8 Å². The van der Waals surface area contributed by atoms with E-state index in [9.17, 15) is 71.6 Å².